The van der Waals surface area contributed by atoms with E-state index in [9.17, 15) is 5.11 Å². The largest absolute Gasteiger partial charge is 0.385 e. The monoisotopic (exact) mass is 201 g/mol. The number of hydrogen-bond donors (Lipinski definition) is 1. The van der Waals surface area contributed by atoms with Gasteiger partial charge in [0, 0.05) is 5.71 Å². The summed E-state index contributed by atoms with van der Waals surface area (Å²) in [4.78, 5) is 0. The Balaban J connectivity index is 4.95. The van der Waals surface area contributed by atoms with Gasteiger partial charge in [-0.2, -0.15) is 0 Å². The maximum Gasteiger partial charge on any atom is 0.172 e. The van der Waals surface area contributed by atoms with Crippen molar-refractivity contribution in [2.75, 3.05) is 0 Å². The first-order valence-corrected chi connectivity index (χ1v) is 8.31. The Morgan fingerprint density at radius 1 is 1.23 bits per heavy atom. The molecule has 0 unspecified atom stereocenters. The smallest absolute Gasteiger partial charge is 0.172 e. The molecule has 0 radical (unpaired) electrons. The molecule has 0 fully saturated rings. The van der Waals surface area contributed by atoms with Gasteiger partial charge in [0.05, 0.1) is 5.60 Å². The van der Waals surface area contributed by atoms with Crippen molar-refractivity contribution < 1.29 is 5.11 Å². The highest BCUT2D eigenvalue weighted by molar-refractivity contribution is 6.75. The lowest BCUT2D eigenvalue weighted by Crippen LogP contribution is -2.38. The first-order valence-electron chi connectivity index (χ1n) is 4.86. The van der Waals surface area contributed by atoms with Gasteiger partial charge in [-0.05, 0) is 39.4 Å². The van der Waals surface area contributed by atoms with Crippen molar-refractivity contribution in [3.63, 3.8) is 0 Å². The molecule has 0 aliphatic heterocycles. The third-order valence-corrected chi connectivity index (χ3v) is 2.54. The summed E-state index contributed by atoms with van der Waals surface area (Å²) in [6, 6.07) is 0. The van der Waals surface area contributed by atoms with Crippen molar-refractivity contribution in [1.29, 1.82) is 0 Å². The summed E-state index contributed by atoms with van der Waals surface area (Å²) in [5.41, 5.74) is 0.167. The van der Waals surface area contributed by atoms with Crippen LogP contribution in [0.4, 0.5) is 0 Å². The van der Waals surface area contributed by atoms with Crippen LogP contribution >= 0.6 is 0 Å². The van der Waals surface area contributed by atoms with Crippen molar-refractivity contribution in [1.82, 2.24) is 0 Å². The second-order valence-electron chi connectivity index (χ2n) is 5.38. The quantitative estimate of drug-likeness (QED) is 0.552. The molecule has 0 spiro atoms. The summed E-state index contributed by atoms with van der Waals surface area (Å²) in [7, 11) is -1.46. The van der Waals surface area contributed by atoms with Crippen LogP contribution < -0.4 is 0 Å². The van der Waals surface area contributed by atoms with E-state index in [4.69, 9.17) is 0 Å². The first-order chi connectivity index (χ1) is 5.54. The molecule has 0 bridgehead atoms. The van der Waals surface area contributed by atoms with E-state index in [1.165, 1.54) is 0 Å². The molecule has 0 aliphatic carbocycles. The van der Waals surface area contributed by atoms with Crippen LogP contribution in [-0.2, 0) is 0 Å². The van der Waals surface area contributed by atoms with E-state index >= 15 is 0 Å². The van der Waals surface area contributed by atoms with Gasteiger partial charge >= 0.3 is 0 Å². The molecule has 3 heteroatoms. The van der Waals surface area contributed by atoms with Gasteiger partial charge in [-0.25, -0.2) is 0 Å². The normalized spacial score (nSPS) is 15.3. The highest BCUT2D eigenvalue weighted by Gasteiger charge is 2.26. The second-order valence-corrected chi connectivity index (χ2v) is 9.95. The van der Waals surface area contributed by atoms with Gasteiger partial charge in [0.15, 0.2) is 8.24 Å². The zero-order chi connectivity index (χ0) is 10.9. The Labute approximate surface area is 83.2 Å². The Kier molecular flexibility index (Phi) is 3.88. The predicted molar refractivity (Wildman–Crippen MR) is 61.9 cm³/mol. The number of rotatable bonds is 3. The Morgan fingerprint density at radius 2 is 1.62 bits per heavy atom. The lowest BCUT2D eigenvalue weighted by Gasteiger charge is -2.26. The van der Waals surface area contributed by atoms with Crippen molar-refractivity contribution in [2.24, 2.45) is 10.6 Å². The summed E-state index contributed by atoms with van der Waals surface area (Å²) < 4.78 is 4.69. The summed E-state index contributed by atoms with van der Waals surface area (Å²) in [5.74, 6) is 0.326. The lowest BCUT2D eigenvalue weighted by atomic mass is 9.94. The minimum atomic E-state index is -1.46. The topological polar surface area (TPSA) is 32.6 Å². The number of aliphatic hydroxyl groups is 1. The SMILES string of the molecule is CC(C)/C(=N\[Si](C)(C)C)C(C)(C)O. The van der Waals surface area contributed by atoms with Gasteiger partial charge in [0.25, 0.3) is 0 Å². The van der Waals surface area contributed by atoms with Crippen molar-refractivity contribution >= 4 is 13.9 Å². The fourth-order valence-electron chi connectivity index (χ4n) is 1.33. The Morgan fingerprint density at radius 3 is 1.69 bits per heavy atom. The van der Waals surface area contributed by atoms with E-state index in [0.717, 1.165) is 5.71 Å². The number of nitrogens with zero attached hydrogens (tertiary/aromatic N) is 1. The van der Waals surface area contributed by atoms with Crippen LogP contribution in [-0.4, -0.2) is 24.7 Å². The van der Waals surface area contributed by atoms with Crippen LogP contribution in [0, 0.1) is 5.92 Å². The number of hydrogen-bond acceptors (Lipinski definition) is 2. The van der Waals surface area contributed by atoms with E-state index in [0.29, 0.717) is 5.92 Å². The van der Waals surface area contributed by atoms with Crippen LogP contribution in [0.15, 0.2) is 4.66 Å². The zero-order valence-corrected chi connectivity index (χ0v) is 11.0. The Bertz CT molecular complexity index is 196. The van der Waals surface area contributed by atoms with Gasteiger partial charge in [0.2, 0.25) is 0 Å². The third-order valence-electron chi connectivity index (χ3n) is 1.63. The molecule has 0 heterocycles. The molecule has 1 N–H and O–H groups in total. The van der Waals surface area contributed by atoms with Crippen LogP contribution in [0.1, 0.15) is 27.7 Å². The second kappa shape index (κ2) is 3.92. The van der Waals surface area contributed by atoms with Crippen LogP contribution in [0.25, 0.3) is 0 Å². The third kappa shape index (κ3) is 5.21. The van der Waals surface area contributed by atoms with Crippen LogP contribution in [0.2, 0.25) is 19.6 Å². The minimum absolute atomic E-state index is 0.326. The highest BCUT2D eigenvalue weighted by Crippen LogP contribution is 2.16. The average Bonchev–Trinajstić information content (AvgIpc) is 1.77. The molecule has 13 heavy (non-hydrogen) atoms. The fraction of sp³-hybridized carbons (Fsp3) is 0.900. The fourth-order valence-corrected chi connectivity index (χ4v) is 2.59. The molecule has 78 valence electrons. The van der Waals surface area contributed by atoms with Crippen molar-refractivity contribution in [2.45, 2.75) is 52.9 Å². The molecule has 0 aromatic heterocycles. The van der Waals surface area contributed by atoms with Crippen molar-refractivity contribution in [3.05, 3.63) is 0 Å². The van der Waals surface area contributed by atoms with Gasteiger partial charge in [-0.3, -0.25) is 0 Å². The van der Waals surface area contributed by atoms with Gasteiger partial charge in [0.1, 0.15) is 0 Å². The van der Waals surface area contributed by atoms with E-state index in [-0.39, 0.29) is 0 Å². The summed E-state index contributed by atoms with van der Waals surface area (Å²) in [6.45, 7) is 14.3. The van der Waals surface area contributed by atoms with Gasteiger partial charge < -0.3 is 9.76 Å². The summed E-state index contributed by atoms with van der Waals surface area (Å²) in [6.07, 6.45) is 0. The minimum Gasteiger partial charge on any atom is -0.385 e. The molecule has 0 amide bonds. The lowest BCUT2D eigenvalue weighted by molar-refractivity contribution is 0.149. The highest BCUT2D eigenvalue weighted by atomic mass is 28.3. The Hall–Kier alpha value is -0.153. The molecule has 0 atom stereocenters. The summed E-state index contributed by atoms with van der Waals surface area (Å²) in [5, 5.41) is 9.90. The standard InChI is InChI=1S/C10H23NOSi/c1-8(2)9(10(3,4)12)11-13(5,6)7/h8,12H,1-7H3/b11-9+. The molecule has 2 nitrogen and oxygen atoms in total. The molecule has 0 aromatic rings. The van der Waals surface area contributed by atoms with Crippen molar-refractivity contribution in [3.8, 4) is 0 Å². The first kappa shape index (κ1) is 12.8. The van der Waals surface area contributed by atoms with Gasteiger partial charge in [-0.15, -0.1) is 0 Å². The maximum atomic E-state index is 9.90. The molecule has 0 saturated carbocycles. The summed E-state index contributed by atoms with van der Waals surface area (Å²) >= 11 is 0. The van der Waals surface area contributed by atoms with E-state index in [1.54, 1.807) is 0 Å². The van der Waals surface area contributed by atoms with E-state index < -0.39 is 13.8 Å². The predicted octanol–water partition coefficient (Wildman–Crippen LogP) is 2.69. The molecular weight excluding hydrogens is 178 g/mol. The van der Waals surface area contributed by atoms with E-state index in [1.807, 2.05) is 13.8 Å². The van der Waals surface area contributed by atoms with E-state index in [2.05, 4.69) is 38.1 Å². The van der Waals surface area contributed by atoms with Crippen LogP contribution in [0.5, 0.6) is 0 Å². The molecule has 0 saturated heterocycles. The van der Waals surface area contributed by atoms with Crippen LogP contribution in [0.3, 0.4) is 0 Å². The zero-order valence-electron chi connectivity index (χ0n) is 9.97. The molecule has 0 aromatic carbocycles. The maximum absolute atomic E-state index is 9.90. The van der Waals surface area contributed by atoms with Gasteiger partial charge in [-0.1, -0.05) is 13.8 Å². The molecular formula is C10H23NOSi. The molecule has 0 aliphatic rings. The average molecular weight is 201 g/mol. The molecule has 0 rings (SSSR count).